The molecular formula is C16H18FNO5S. The number of ether oxygens (including phenoxy) is 3. The van der Waals surface area contributed by atoms with Crippen LogP contribution in [0.1, 0.15) is 5.56 Å². The van der Waals surface area contributed by atoms with Crippen LogP contribution < -0.4 is 14.2 Å². The molecule has 24 heavy (non-hydrogen) atoms. The van der Waals surface area contributed by atoms with Gasteiger partial charge < -0.3 is 14.2 Å². The normalized spacial score (nSPS) is 11.2. The van der Waals surface area contributed by atoms with Gasteiger partial charge in [0.1, 0.15) is 5.82 Å². The molecule has 0 atom stereocenters. The number of anilines is 1. The Morgan fingerprint density at radius 2 is 1.58 bits per heavy atom. The SMILES string of the molecule is COCc1cc(OC)c(OC)cc1NS(=O)(=O)c1ccc(F)cc1. The summed E-state index contributed by atoms with van der Waals surface area (Å²) in [6.45, 7) is 0.168. The third-order valence-electron chi connectivity index (χ3n) is 3.28. The van der Waals surface area contributed by atoms with Gasteiger partial charge in [0.2, 0.25) is 0 Å². The molecule has 0 amide bonds. The van der Waals surface area contributed by atoms with Crippen LogP contribution in [-0.2, 0) is 21.4 Å². The molecule has 0 saturated carbocycles. The van der Waals surface area contributed by atoms with Gasteiger partial charge in [0.15, 0.2) is 11.5 Å². The van der Waals surface area contributed by atoms with Gasteiger partial charge in [-0.2, -0.15) is 0 Å². The number of methoxy groups -OCH3 is 3. The Bertz CT molecular complexity index is 806. The van der Waals surface area contributed by atoms with Gasteiger partial charge in [0.05, 0.1) is 31.4 Å². The number of rotatable bonds is 7. The zero-order chi connectivity index (χ0) is 17.7. The van der Waals surface area contributed by atoms with Crippen molar-refractivity contribution in [1.82, 2.24) is 0 Å². The van der Waals surface area contributed by atoms with E-state index >= 15 is 0 Å². The van der Waals surface area contributed by atoms with Gasteiger partial charge in [0.25, 0.3) is 10.0 Å². The highest BCUT2D eigenvalue weighted by Crippen LogP contribution is 2.34. The molecular weight excluding hydrogens is 337 g/mol. The van der Waals surface area contributed by atoms with E-state index < -0.39 is 15.8 Å². The van der Waals surface area contributed by atoms with Crippen molar-refractivity contribution < 1.29 is 27.0 Å². The van der Waals surface area contributed by atoms with E-state index in [1.54, 1.807) is 6.07 Å². The zero-order valence-electron chi connectivity index (χ0n) is 13.5. The molecule has 0 heterocycles. The number of sulfonamides is 1. The minimum absolute atomic E-state index is 0.0537. The Labute approximate surface area is 140 Å². The molecule has 2 aromatic carbocycles. The third kappa shape index (κ3) is 3.95. The van der Waals surface area contributed by atoms with Gasteiger partial charge >= 0.3 is 0 Å². The average molecular weight is 355 g/mol. The standard InChI is InChI=1S/C16H18FNO5S/c1-21-10-11-8-15(22-2)16(23-3)9-14(11)18-24(19,20)13-6-4-12(17)5-7-13/h4-9,18H,10H2,1-3H3. The minimum Gasteiger partial charge on any atom is -0.493 e. The van der Waals surface area contributed by atoms with Crippen LogP contribution in [0.2, 0.25) is 0 Å². The number of halogens is 1. The minimum atomic E-state index is -3.88. The number of hydrogen-bond acceptors (Lipinski definition) is 5. The van der Waals surface area contributed by atoms with E-state index in [1.165, 1.54) is 39.5 Å². The smallest absolute Gasteiger partial charge is 0.261 e. The summed E-state index contributed by atoms with van der Waals surface area (Å²) in [6, 6.07) is 7.68. The summed E-state index contributed by atoms with van der Waals surface area (Å²) < 4.78 is 55.9. The lowest BCUT2D eigenvalue weighted by Gasteiger charge is -2.16. The van der Waals surface area contributed by atoms with Crippen molar-refractivity contribution in [2.45, 2.75) is 11.5 Å². The van der Waals surface area contributed by atoms with Gasteiger partial charge in [0, 0.05) is 18.7 Å². The van der Waals surface area contributed by atoms with Crippen LogP contribution in [0.5, 0.6) is 11.5 Å². The Morgan fingerprint density at radius 1 is 1.00 bits per heavy atom. The topological polar surface area (TPSA) is 73.9 Å². The molecule has 0 aromatic heterocycles. The molecule has 0 aliphatic rings. The number of nitrogens with one attached hydrogen (secondary N) is 1. The molecule has 0 saturated heterocycles. The lowest BCUT2D eigenvalue weighted by molar-refractivity contribution is 0.185. The Balaban J connectivity index is 2.44. The average Bonchev–Trinajstić information content (AvgIpc) is 2.56. The van der Waals surface area contributed by atoms with Crippen LogP contribution >= 0.6 is 0 Å². The third-order valence-corrected chi connectivity index (χ3v) is 4.66. The molecule has 1 N–H and O–H groups in total. The lowest BCUT2D eigenvalue weighted by Crippen LogP contribution is -2.15. The Morgan fingerprint density at radius 3 is 2.12 bits per heavy atom. The predicted octanol–water partition coefficient (Wildman–Crippen LogP) is 2.79. The maximum atomic E-state index is 13.0. The molecule has 0 aliphatic heterocycles. The second-order valence-corrected chi connectivity index (χ2v) is 6.54. The van der Waals surface area contributed by atoms with Crippen molar-refractivity contribution in [2.24, 2.45) is 0 Å². The van der Waals surface area contributed by atoms with Crippen molar-refractivity contribution in [1.29, 1.82) is 0 Å². The first-order valence-corrected chi connectivity index (χ1v) is 8.42. The molecule has 0 aliphatic carbocycles. The number of benzene rings is 2. The van der Waals surface area contributed by atoms with E-state index in [-0.39, 0.29) is 11.5 Å². The number of hydrogen-bond donors (Lipinski definition) is 1. The Kier molecular flexibility index (Phi) is 5.63. The molecule has 0 radical (unpaired) electrons. The van der Waals surface area contributed by atoms with Crippen molar-refractivity contribution in [3.8, 4) is 11.5 Å². The van der Waals surface area contributed by atoms with E-state index in [2.05, 4.69) is 4.72 Å². The second-order valence-electron chi connectivity index (χ2n) is 4.86. The fourth-order valence-electron chi connectivity index (χ4n) is 2.11. The molecule has 0 bridgehead atoms. The summed E-state index contributed by atoms with van der Waals surface area (Å²) >= 11 is 0. The maximum Gasteiger partial charge on any atom is 0.261 e. The van der Waals surface area contributed by atoms with Crippen LogP contribution in [0.25, 0.3) is 0 Å². The van der Waals surface area contributed by atoms with Crippen LogP contribution in [-0.4, -0.2) is 29.7 Å². The van der Waals surface area contributed by atoms with Gasteiger partial charge in [-0.1, -0.05) is 0 Å². The lowest BCUT2D eigenvalue weighted by atomic mass is 10.1. The van der Waals surface area contributed by atoms with Crippen molar-refractivity contribution >= 4 is 15.7 Å². The molecule has 2 aromatic rings. The van der Waals surface area contributed by atoms with Crippen molar-refractivity contribution in [3.63, 3.8) is 0 Å². The summed E-state index contributed by atoms with van der Waals surface area (Å²) in [7, 11) is 0.544. The van der Waals surface area contributed by atoms with Crippen LogP contribution in [0.15, 0.2) is 41.3 Å². The Hall–Kier alpha value is -2.32. The van der Waals surface area contributed by atoms with Crippen molar-refractivity contribution in [2.75, 3.05) is 26.1 Å². The summed E-state index contributed by atoms with van der Waals surface area (Å²) in [6.07, 6.45) is 0. The predicted molar refractivity (Wildman–Crippen MR) is 87.5 cm³/mol. The van der Waals surface area contributed by atoms with Gasteiger partial charge in [-0.05, 0) is 30.3 Å². The first-order chi connectivity index (χ1) is 11.4. The van der Waals surface area contributed by atoms with Crippen LogP contribution in [0.3, 0.4) is 0 Å². The first kappa shape index (κ1) is 18.0. The van der Waals surface area contributed by atoms with E-state index in [0.29, 0.717) is 22.7 Å². The fourth-order valence-corrected chi connectivity index (χ4v) is 3.20. The van der Waals surface area contributed by atoms with E-state index in [4.69, 9.17) is 14.2 Å². The summed E-state index contributed by atoms with van der Waals surface area (Å²) in [5.74, 6) is 0.309. The van der Waals surface area contributed by atoms with Crippen LogP contribution in [0.4, 0.5) is 10.1 Å². The van der Waals surface area contributed by atoms with E-state index in [0.717, 1.165) is 12.1 Å². The van der Waals surface area contributed by atoms with Gasteiger partial charge in [-0.25, -0.2) is 12.8 Å². The molecule has 6 nitrogen and oxygen atoms in total. The molecule has 0 unspecified atom stereocenters. The molecule has 8 heteroatoms. The second kappa shape index (κ2) is 7.50. The molecule has 0 fully saturated rings. The first-order valence-electron chi connectivity index (χ1n) is 6.93. The molecule has 130 valence electrons. The quantitative estimate of drug-likeness (QED) is 0.827. The van der Waals surface area contributed by atoms with Gasteiger partial charge in [-0.3, -0.25) is 4.72 Å². The molecule has 0 spiro atoms. The maximum absolute atomic E-state index is 13.0. The summed E-state index contributed by atoms with van der Waals surface area (Å²) in [4.78, 5) is -0.0537. The van der Waals surface area contributed by atoms with Gasteiger partial charge in [-0.15, -0.1) is 0 Å². The highest BCUT2D eigenvalue weighted by Gasteiger charge is 2.18. The summed E-state index contributed by atoms with van der Waals surface area (Å²) in [5.41, 5.74) is 0.861. The molecule has 2 rings (SSSR count). The fraction of sp³-hybridized carbons (Fsp3) is 0.250. The van der Waals surface area contributed by atoms with E-state index in [9.17, 15) is 12.8 Å². The van der Waals surface area contributed by atoms with E-state index in [1.807, 2.05) is 0 Å². The van der Waals surface area contributed by atoms with Crippen LogP contribution in [0, 0.1) is 5.82 Å². The highest BCUT2D eigenvalue weighted by molar-refractivity contribution is 7.92. The zero-order valence-corrected chi connectivity index (χ0v) is 14.3. The highest BCUT2D eigenvalue weighted by atomic mass is 32.2. The largest absolute Gasteiger partial charge is 0.493 e. The van der Waals surface area contributed by atoms with Crippen molar-refractivity contribution in [3.05, 3.63) is 47.8 Å². The summed E-state index contributed by atoms with van der Waals surface area (Å²) in [5, 5.41) is 0. The monoisotopic (exact) mass is 355 g/mol.